The van der Waals surface area contributed by atoms with Crippen LogP contribution in [0, 0.1) is 0 Å². The lowest BCUT2D eigenvalue weighted by Crippen LogP contribution is -2.15. The second kappa shape index (κ2) is 6.92. The Kier molecular flexibility index (Phi) is 5.23. The zero-order valence-corrected chi connectivity index (χ0v) is 13.1. The van der Waals surface area contributed by atoms with Gasteiger partial charge in [0.2, 0.25) is 0 Å². The van der Waals surface area contributed by atoms with Crippen molar-refractivity contribution in [3.8, 4) is 0 Å². The van der Waals surface area contributed by atoms with Crippen molar-refractivity contribution in [2.45, 2.75) is 14.7 Å². The number of nitrogens with two attached hydrogens (primary N) is 1. The summed E-state index contributed by atoms with van der Waals surface area (Å²) < 4.78 is 0. The van der Waals surface area contributed by atoms with E-state index in [1.54, 1.807) is 11.8 Å². The molecule has 0 spiro atoms. The molecule has 2 aromatic rings. The van der Waals surface area contributed by atoms with Gasteiger partial charge in [-0.05, 0) is 30.5 Å². The zero-order valence-electron chi connectivity index (χ0n) is 10.7. The number of halogens is 1. The Morgan fingerprint density at radius 1 is 1.10 bits per heavy atom. The number of benzene rings is 2. The van der Waals surface area contributed by atoms with E-state index >= 15 is 0 Å². The van der Waals surface area contributed by atoms with E-state index in [9.17, 15) is 0 Å². The molecule has 2 aromatic carbocycles. The van der Waals surface area contributed by atoms with E-state index < -0.39 is 0 Å². The Morgan fingerprint density at radius 2 is 1.75 bits per heavy atom. The fourth-order valence-corrected chi connectivity index (χ4v) is 3.68. The van der Waals surface area contributed by atoms with E-state index in [4.69, 9.17) is 22.5 Å². The van der Waals surface area contributed by atoms with Crippen LogP contribution in [0.5, 0.6) is 0 Å². The molecule has 0 radical (unpaired) electrons. The molecule has 0 bridgehead atoms. The van der Waals surface area contributed by atoms with Gasteiger partial charge in [-0.15, -0.1) is 11.8 Å². The number of oxime groups is 1. The standard InChI is InChI=1S/C14H13ClN2OS2/c1-19-11-7-4-8-12(13(11)14(16)17-18)20-10-6-3-2-5-9(10)15/h2-8,18H,1H3,(H2,16,17). The molecule has 20 heavy (non-hydrogen) atoms. The van der Waals surface area contributed by atoms with Crippen LogP contribution < -0.4 is 5.73 Å². The smallest absolute Gasteiger partial charge is 0.172 e. The van der Waals surface area contributed by atoms with Gasteiger partial charge in [-0.2, -0.15) is 0 Å². The van der Waals surface area contributed by atoms with Gasteiger partial charge in [0.05, 0.1) is 5.02 Å². The van der Waals surface area contributed by atoms with Crippen LogP contribution in [0.1, 0.15) is 5.56 Å². The molecule has 0 unspecified atom stereocenters. The second-order valence-corrected chi connectivity index (χ2v) is 6.19. The predicted octanol–water partition coefficient (Wildman–Crippen LogP) is 4.31. The van der Waals surface area contributed by atoms with Gasteiger partial charge in [0.1, 0.15) is 0 Å². The molecule has 0 saturated carbocycles. The van der Waals surface area contributed by atoms with Crippen LogP contribution in [0.25, 0.3) is 0 Å². The molecular formula is C14H13ClN2OS2. The van der Waals surface area contributed by atoms with E-state index in [2.05, 4.69) is 5.16 Å². The second-order valence-electron chi connectivity index (χ2n) is 3.85. The molecule has 0 aromatic heterocycles. The Hall–Kier alpha value is -1.30. The van der Waals surface area contributed by atoms with Crippen LogP contribution in [-0.2, 0) is 0 Å². The molecule has 3 nitrogen and oxygen atoms in total. The van der Waals surface area contributed by atoms with Crippen LogP contribution in [0.4, 0.5) is 0 Å². The molecule has 2 rings (SSSR count). The van der Waals surface area contributed by atoms with E-state index in [0.29, 0.717) is 5.02 Å². The quantitative estimate of drug-likeness (QED) is 0.289. The maximum absolute atomic E-state index is 8.97. The van der Waals surface area contributed by atoms with Crippen molar-refractivity contribution in [2.75, 3.05) is 6.26 Å². The Morgan fingerprint density at radius 3 is 2.40 bits per heavy atom. The van der Waals surface area contributed by atoms with Gasteiger partial charge in [-0.25, -0.2) is 0 Å². The summed E-state index contributed by atoms with van der Waals surface area (Å²) >= 11 is 9.22. The van der Waals surface area contributed by atoms with Gasteiger partial charge >= 0.3 is 0 Å². The monoisotopic (exact) mass is 324 g/mol. The van der Waals surface area contributed by atoms with E-state index in [-0.39, 0.29) is 5.84 Å². The van der Waals surface area contributed by atoms with Crippen molar-refractivity contribution in [3.63, 3.8) is 0 Å². The predicted molar refractivity (Wildman–Crippen MR) is 86.3 cm³/mol. The van der Waals surface area contributed by atoms with Gasteiger partial charge < -0.3 is 10.9 Å². The first-order chi connectivity index (χ1) is 9.67. The van der Waals surface area contributed by atoms with Gasteiger partial charge in [0, 0.05) is 20.2 Å². The molecular weight excluding hydrogens is 312 g/mol. The number of thioether (sulfide) groups is 1. The lowest BCUT2D eigenvalue weighted by atomic mass is 10.2. The minimum Gasteiger partial charge on any atom is -0.409 e. The SMILES string of the molecule is CSc1cccc(Sc2ccccc2Cl)c1/C(N)=N/O. The molecule has 0 aliphatic carbocycles. The number of hydrogen-bond donors (Lipinski definition) is 2. The molecule has 3 N–H and O–H groups in total. The molecule has 0 amide bonds. The van der Waals surface area contributed by atoms with Crippen molar-refractivity contribution >= 4 is 41.0 Å². The van der Waals surface area contributed by atoms with Gasteiger partial charge in [0.15, 0.2) is 5.84 Å². The minimum atomic E-state index is 0.101. The van der Waals surface area contributed by atoms with Crippen LogP contribution in [-0.4, -0.2) is 17.3 Å². The Balaban J connectivity index is 2.49. The fourth-order valence-electron chi connectivity index (χ4n) is 1.71. The Labute approximate surface area is 131 Å². The number of rotatable bonds is 4. The molecule has 6 heteroatoms. The van der Waals surface area contributed by atoms with Crippen LogP contribution in [0.3, 0.4) is 0 Å². The molecule has 0 saturated heterocycles. The number of amidine groups is 1. The highest BCUT2D eigenvalue weighted by molar-refractivity contribution is 8.00. The number of nitrogens with zero attached hydrogens (tertiary/aromatic N) is 1. The van der Waals surface area contributed by atoms with Gasteiger partial charge in [-0.1, -0.05) is 46.7 Å². The third-order valence-corrected chi connectivity index (χ3v) is 4.99. The average molecular weight is 325 g/mol. The van der Waals surface area contributed by atoms with Crippen molar-refractivity contribution in [2.24, 2.45) is 10.9 Å². The highest BCUT2D eigenvalue weighted by atomic mass is 35.5. The van der Waals surface area contributed by atoms with E-state index in [0.717, 1.165) is 20.2 Å². The summed E-state index contributed by atoms with van der Waals surface area (Å²) in [7, 11) is 0. The highest BCUT2D eigenvalue weighted by Crippen LogP contribution is 2.37. The minimum absolute atomic E-state index is 0.101. The fraction of sp³-hybridized carbons (Fsp3) is 0.0714. The highest BCUT2D eigenvalue weighted by Gasteiger charge is 2.14. The lowest BCUT2D eigenvalue weighted by molar-refractivity contribution is 0.318. The summed E-state index contributed by atoms with van der Waals surface area (Å²) in [6, 6.07) is 13.4. The van der Waals surface area contributed by atoms with Crippen LogP contribution in [0.2, 0.25) is 5.02 Å². The molecule has 104 valence electrons. The summed E-state index contributed by atoms with van der Waals surface area (Å²) in [6.45, 7) is 0. The van der Waals surface area contributed by atoms with Gasteiger partial charge in [0.25, 0.3) is 0 Å². The van der Waals surface area contributed by atoms with Crippen molar-refractivity contribution in [3.05, 3.63) is 53.1 Å². The summed E-state index contributed by atoms with van der Waals surface area (Å²) in [5, 5.41) is 12.8. The lowest BCUT2D eigenvalue weighted by Gasteiger charge is -2.12. The molecule has 0 fully saturated rings. The third kappa shape index (κ3) is 3.23. The first-order valence-corrected chi connectivity index (χ1v) is 8.16. The zero-order chi connectivity index (χ0) is 14.5. The van der Waals surface area contributed by atoms with Crippen LogP contribution in [0.15, 0.2) is 62.3 Å². The average Bonchev–Trinajstić information content (AvgIpc) is 2.48. The largest absolute Gasteiger partial charge is 0.409 e. The van der Waals surface area contributed by atoms with Crippen LogP contribution >= 0.6 is 35.1 Å². The maximum Gasteiger partial charge on any atom is 0.172 e. The topological polar surface area (TPSA) is 58.6 Å². The van der Waals surface area contributed by atoms with Crippen molar-refractivity contribution in [1.82, 2.24) is 0 Å². The first-order valence-electron chi connectivity index (χ1n) is 5.74. The summed E-state index contributed by atoms with van der Waals surface area (Å²) in [6.07, 6.45) is 1.95. The normalized spacial score (nSPS) is 11.6. The summed E-state index contributed by atoms with van der Waals surface area (Å²) in [5.41, 5.74) is 6.53. The van der Waals surface area contributed by atoms with Gasteiger partial charge in [-0.3, -0.25) is 0 Å². The molecule has 0 aliphatic heterocycles. The third-order valence-electron chi connectivity index (χ3n) is 2.63. The Bertz CT molecular complexity index is 647. The first kappa shape index (κ1) is 15.1. The molecule has 0 aliphatic rings. The number of hydrogen-bond acceptors (Lipinski definition) is 4. The van der Waals surface area contributed by atoms with Crippen molar-refractivity contribution < 1.29 is 5.21 Å². The van der Waals surface area contributed by atoms with E-state index in [1.165, 1.54) is 11.8 Å². The summed E-state index contributed by atoms with van der Waals surface area (Å²) in [4.78, 5) is 2.79. The summed E-state index contributed by atoms with van der Waals surface area (Å²) in [5.74, 6) is 0.101. The maximum atomic E-state index is 8.97. The van der Waals surface area contributed by atoms with Crippen molar-refractivity contribution in [1.29, 1.82) is 0 Å². The molecule has 0 atom stereocenters. The molecule has 0 heterocycles. The van der Waals surface area contributed by atoms with E-state index in [1.807, 2.05) is 48.7 Å².